The Labute approximate surface area is 109 Å². The van der Waals surface area contributed by atoms with Gasteiger partial charge in [0, 0.05) is 38.9 Å². The Balaban J connectivity index is 1.93. The fourth-order valence-electron chi connectivity index (χ4n) is 2.10. The first-order valence-electron chi connectivity index (χ1n) is 6.53. The summed E-state index contributed by atoms with van der Waals surface area (Å²) in [6, 6.07) is 9.03. The third-order valence-electron chi connectivity index (χ3n) is 3.30. The molecule has 1 fully saturated rings. The number of nitrogens with zero attached hydrogens (tertiary/aromatic N) is 2. The Morgan fingerprint density at radius 1 is 1.17 bits per heavy atom. The van der Waals surface area contributed by atoms with Crippen molar-refractivity contribution in [1.29, 1.82) is 0 Å². The third-order valence-corrected chi connectivity index (χ3v) is 3.30. The molecule has 4 nitrogen and oxygen atoms in total. The van der Waals surface area contributed by atoms with Crippen molar-refractivity contribution in [2.45, 2.75) is 13.0 Å². The summed E-state index contributed by atoms with van der Waals surface area (Å²) in [6.45, 7) is 5.75. The van der Waals surface area contributed by atoms with Crippen LogP contribution >= 0.6 is 0 Å². The molecule has 0 bridgehead atoms. The van der Waals surface area contributed by atoms with E-state index in [1.54, 1.807) is 0 Å². The van der Waals surface area contributed by atoms with Gasteiger partial charge in [-0.05, 0) is 24.6 Å². The van der Waals surface area contributed by atoms with Crippen LogP contribution in [0, 0.1) is 0 Å². The van der Waals surface area contributed by atoms with Gasteiger partial charge in [-0.1, -0.05) is 12.1 Å². The number of nitrogens with one attached hydrogen (secondary N) is 1. The highest BCUT2D eigenvalue weighted by Gasteiger charge is 2.13. The van der Waals surface area contributed by atoms with E-state index in [1.165, 1.54) is 11.3 Å². The molecule has 1 N–H and O–H groups in total. The van der Waals surface area contributed by atoms with Crippen LogP contribution in [-0.2, 0) is 4.74 Å². The summed E-state index contributed by atoms with van der Waals surface area (Å²) in [5.41, 5.74) is 6.07. The second kappa shape index (κ2) is 6.18. The Hall–Kier alpha value is -1.10. The Bertz CT molecular complexity index is 358. The van der Waals surface area contributed by atoms with Crippen molar-refractivity contribution in [3.63, 3.8) is 0 Å². The maximum absolute atomic E-state index is 5.34. The summed E-state index contributed by atoms with van der Waals surface area (Å²) in [4.78, 5) is 2.11. The highest BCUT2D eigenvalue weighted by atomic mass is 16.5. The summed E-state index contributed by atoms with van der Waals surface area (Å²) in [5, 5.41) is 2.24. The summed E-state index contributed by atoms with van der Waals surface area (Å²) < 4.78 is 5.34. The van der Waals surface area contributed by atoms with Gasteiger partial charge < -0.3 is 9.64 Å². The molecular formula is C14H23N3O. The van der Waals surface area contributed by atoms with Crippen LogP contribution in [0.2, 0.25) is 0 Å². The Morgan fingerprint density at radius 2 is 1.78 bits per heavy atom. The molecule has 0 spiro atoms. The second-order valence-corrected chi connectivity index (χ2v) is 4.94. The molecule has 100 valence electrons. The van der Waals surface area contributed by atoms with Crippen molar-refractivity contribution in [3.8, 4) is 0 Å². The maximum atomic E-state index is 5.34. The highest BCUT2D eigenvalue weighted by molar-refractivity contribution is 5.46. The van der Waals surface area contributed by atoms with Crippen LogP contribution in [0.3, 0.4) is 0 Å². The van der Waals surface area contributed by atoms with Crippen LogP contribution in [0.15, 0.2) is 24.3 Å². The van der Waals surface area contributed by atoms with Crippen LogP contribution in [0.25, 0.3) is 0 Å². The summed E-state index contributed by atoms with van der Waals surface area (Å²) in [6.07, 6.45) is 0. The summed E-state index contributed by atoms with van der Waals surface area (Å²) in [7, 11) is 4.12. The van der Waals surface area contributed by atoms with E-state index in [-0.39, 0.29) is 0 Å². The van der Waals surface area contributed by atoms with Gasteiger partial charge in [0.2, 0.25) is 0 Å². The molecule has 0 aliphatic carbocycles. The van der Waals surface area contributed by atoms with Gasteiger partial charge in [-0.2, -0.15) is 0 Å². The fourth-order valence-corrected chi connectivity index (χ4v) is 2.10. The van der Waals surface area contributed by atoms with Crippen molar-refractivity contribution in [2.75, 3.05) is 45.3 Å². The standard InChI is InChI=1S/C14H23N3O/c1-12(15-17-8-10-18-11-9-17)13-4-6-14(7-5-13)16(2)3/h4-7,12,15H,8-11H2,1-3H3. The molecule has 1 aromatic carbocycles. The van der Waals surface area contributed by atoms with E-state index in [4.69, 9.17) is 4.74 Å². The monoisotopic (exact) mass is 249 g/mol. The zero-order valence-corrected chi connectivity index (χ0v) is 11.5. The first-order chi connectivity index (χ1) is 8.66. The van der Waals surface area contributed by atoms with Gasteiger partial charge in [-0.25, -0.2) is 10.4 Å². The molecule has 1 aliphatic rings. The van der Waals surface area contributed by atoms with E-state index in [0.29, 0.717) is 6.04 Å². The van der Waals surface area contributed by atoms with E-state index in [1.807, 2.05) is 0 Å². The molecule has 0 saturated carbocycles. The first kappa shape index (κ1) is 13.3. The molecule has 1 atom stereocenters. The minimum atomic E-state index is 0.333. The minimum absolute atomic E-state index is 0.333. The number of hydrogen-bond acceptors (Lipinski definition) is 4. The lowest BCUT2D eigenvalue weighted by atomic mass is 10.1. The number of hydrazine groups is 1. The number of ether oxygens (including phenoxy) is 1. The van der Waals surface area contributed by atoms with Crippen LogP contribution in [0.1, 0.15) is 18.5 Å². The molecule has 18 heavy (non-hydrogen) atoms. The molecular weight excluding hydrogens is 226 g/mol. The van der Waals surface area contributed by atoms with Crippen molar-refractivity contribution >= 4 is 5.69 Å². The molecule has 1 aliphatic heterocycles. The average molecular weight is 249 g/mol. The maximum Gasteiger partial charge on any atom is 0.0608 e. The lowest BCUT2D eigenvalue weighted by Crippen LogP contribution is -2.46. The summed E-state index contributed by atoms with van der Waals surface area (Å²) in [5.74, 6) is 0. The van der Waals surface area contributed by atoms with E-state index < -0.39 is 0 Å². The van der Waals surface area contributed by atoms with Crippen molar-refractivity contribution in [2.24, 2.45) is 0 Å². The quantitative estimate of drug-likeness (QED) is 0.878. The van der Waals surface area contributed by atoms with Crippen LogP contribution in [-0.4, -0.2) is 45.4 Å². The van der Waals surface area contributed by atoms with Crippen LogP contribution in [0.4, 0.5) is 5.69 Å². The molecule has 1 unspecified atom stereocenters. The SMILES string of the molecule is CC(NN1CCOCC1)c1ccc(N(C)C)cc1. The zero-order valence-electron chi connectivity index (χ0n) is 11.5. The predicted octanol–water partition coefficient (Wildman–Crippen LogP) is 1.65. The van der Waals surface area contributed by atoms with Gasteiger partial charge in [0.1, 0.15) is 0 Å². The van der Waals surface area contributed by atoms with E-state index in [2.05, 4.69) is 60.6 Å². The average Bonchev–Trinajstić information content (AvgIpc) is 2.40. The normalized spacial score (nSPS) is 18.6. The van der Waals surface area contributed by atoms with Gasteiger partial charge in [0.15, 0.2) is 0 Å². The number of rotatable bonds is 4. The highest BCUT2D eigenvalue weighted by Crippen LogP contribution is 2.18. The molecule has 1 saturated heterocycles. The van der Waals surface area contributed by atoms with Gasteiger partial charge in [-0.3, -0.25) is 0 Å². The zero-order chi connectivity index (χ0) is 13.0. The molecule has 4 heteroatoms. The molecule has 2 rings (SSSR count). The molecule has 0 radical (unpaired) electrons. The Morgan fingerprint density at radius 3 is 2.33 bits per heavy atom. The van der Waals surface area contributed by atoms with Crippen molar-refractivity contribution < 1.29 is 4.74 Å². The van der Waals surface area contributed by atoms with Gasteiger partial charge >= 0.3 is 0 Å². The topological polar surface area (TPSA) is 27.7 Å². The predicted molar refractivity (Wildman–Crippen MR) is 74.7 cm³/mol. The lowest BCUT2D eigenvalue weighted by Gasteiger charge is -2.30. The number of benzene rings is 1. The van der Waals surface area contributed by atoms with E-state index >= 15 is 0 Å². The third kappa shape index (κ3) is 3.45. The lowest BCUT2D eigenvalue weighted by molar-refractivity contribution is 0.00484. The van der Waals surface area contributed by atoms with Crippen LogP contribution in [0.5, 0.6) is 0 Å². The van der Waals surface area contributed by atoms with Crippen molar-refractivity contribution in [3.05, 3.63) is 29.8 Å². The van der Waals surface area contributed by atoms with Gasteiger partial charge in [0.25, 0.3) is 0 Å². The largest absolute Gasteiger partial charge is 0.379 e. The van der Waals surface area contributed by atoms with Gasteiger partial charge in [-0.15, -0.1) is 0 Å². The molecule has 1 aromatic rings. The van der Waals surface area contributed by atoms with Crippen LogP contribution < -0.4 is 10.3 Å². The molecule has 1 heterocycles. The summed E-state index contributed by atoms with van der Waals surface area (Å²) >= 11 is 0. The second-order valence-electron chi connectivity index (χ2n) is 4.94. The van der Waals surface area contributed by atoms with Crippen molar-refractivity contribution in [1.82, 2.24) is 10.4 Å². The fraction of sp³-hybridized carbons (Fsp3) is 0.571. The number of anilines is 1. The molecule has 0 aromatic heterocycles. The van der Waals surface area contributed by atoms with E-state index in [9.17, 15) is 0 Å². The smallest absolute Gasteiger partial charge is 0.0608 e. The first-order valence-corrected chi connectivity index (χ1v) is 6.53. The minimum Gasteiger partial charge on any atom is -0.379 e. The number of hydrogen-bond donors (Lipinski definition) is 1. The Kier molecular flexibility index (Phi) is 4.58. The van der Waals surface area contributed by atoms with E-state index in [0.717, 1.165) is 26.3 Å². The molecule has 0 amide bonds. The van der Waals surface area contributed by atoms with Gasteiger partial charge in [0.05, 0.1) is 13.2 Å². The number of morpholine rings is 1.